The summed E-state index contributed by atoms with van der Waals surface area (Å²) < 4.78 is 3.76. The molecule has 0 spiro atoms. The van der Waals surface area contributed by atoms with Crippen LogP contribution < -0.4 is 4.90 Å². The Morgan fingerprint density at radius 2 is 1.62 bits per heavy atom. The van der Waals surface area contributed by atoms with E-state index in [1.165, 1.54) is 47.6 Å². The third kappa shape index (κ3) is 4.11. The molecule has 6 rings (SSSR count). The lowest BCUT2D eigenvalue weighted by Gasteiger charge is -2.24. The van der Waals surface area contributed by atoms with Crippen molar-refractivity contribution in [1.29, 1.82) is 0 Å². The van der Waals surface area contributed by atoms with Crippen molar-refractivity contribution in [3.8, 4) is 0 Å². The first-order valence-electron chi connectivity index (χ1n) is 11.3. The molecule has 4 aromatic carbocycles. The standard InChI is InChI=1S/C30H22BrNS2/c31-22-15-17-23(18-16-22)32(19-6-5-8-21-20-33-28-13-3-1-9-24(21)28)27-12-7-11-26-25-10-2-4-14-29(25)34-30(26)27/h1-18H,19-20H2/b6-5-,21-8+. The molecule has 0 N–H and O–H groups in total. The van der Waals surface area contributed by atoms with Crippen molar-refractivity contribution in [1.82, 2.24) is 0 Å². The van der Waals surface area contributed by atoms with Gasteiger partial charge >= 0.3 is 0 Å². The number of halogens is 1. The monoisotopic (exact) mass is 539 g/mol. The highest BCUT2D eigenvalue weighted by atomic mass is 79.9. The zero-order valence-electron chi connectivity index (χ0n) is 18.4. The number of thioether (sulfide) groups is 1. The molecular formula is C30H22BrNS2. The van der Waals surface area contributed by atoms with Gasteiger partial charge in [-0.05, 0) is 53.6 Å². The van der Waals surface area contributed by atoms with Gasteiger partial charge in [-0.2, -0.15) is 0 Å². The van der Waals surface area contributed by atoms with Gasteiger partial charge in [0.25, 0.3) is 0 Å². The second-order valence-corrected chi connectivity index (χ2v) is 11.2. The lowest BCUT2D eigenvalue weighted by molar-refractivity contribution is 1.11. The predicted molar refractivity (Wildman–Crippen MR) is 155 cm³/mol. The molecule has 0 unspecified atom stereocenters. The van der Waals surface area contributed by atoms with E-state index in [1.54, 1.807) is 0 Å². The van der Waals surface area contributed by atoms with Crippen molar-refractivity contribution < 1.29 is 0 Å². The molecule has 166 valence electrons. The molecule has 0 amide bonds. The molecule has 0 saturated carbocycles. The van der Waals surface area contributed by atoms with Crippen molar-refractivity contribution in [2.24, 2.45) is 0 Å². The fourth-order valence-electron chi connectivity index (χ4n) is 4.49. The average molecular weight is 541 g/mol. The number of fused-ring (bicyclic) bond motifs is 4. The molecule has 1 aromatic heterocycles. The largest absolute Gasteiger partial charge is 0.336 e. The molecule has 5 aromatic rings. The van der Waals surface area contributed by atoms with Crippen molar-refractivity contribution in [3.63, 3.8) is 0 Å². The second-order valence-electron chi connectivity index (χ2n) is 8.24. The van der Waals surface area contributed by atoms with E-state index in [0.29, 0.717) is 0 Å². The molecule has 0 saturated heterocycles. The number of nitrogens with zero attached hydrogens (tertiary/aromatic N) is 1. The normalized spacial score (nSPS) is 14.4. The van der Waals surface area contributed by atoms with Gasteiger partial charge in [0, 0.05) is 42.8 Å². The third-order valence-corrected chi connectivity index (χ3v) is 9.01. The summed E-state index contributed by atoms with van der Waals surface area (Å²) in [7, 11) is 0. The molecule has 4 heteroatoms. The number of hydrogen-bond acceptors (Lipinski definition) is 3. The predicted octanol–water partition coefficient (Wildman–Crippen LogP) is 9.70. The highest BCUT2D eigenvalue weighted by molar-refractivity contribution is 9.10. The Bertz CT molecular complexity index is 1550. The van der Waals surface area contributed by atoms with Gasteiger partial charge < -0.3 is 4.90 Å². The SMILES string of the molecule is Brc1ccc(N(C/C=C\C=C2/CSc3ccccc32)c2cccc3c2sc2ccccc23)cc1. The van der Waals surface area contributed by atoms with Gasteiger partial charge in [-0.1, -0.05) is 82.7 Å². The maximum atomic E-state index is 3.59. The van der Waals surface area contributed by atoms with Crippen LogP contribution >= 0.6 is 39.0 Å². The van der Waals surface area contributed by atoms with Crippen molar-refractivity contribution in [2.45, 2.75) is 4.90 Å². The van der Waals surface area contributed by atoms with E-state index in [0.717, 1.165) is 16.8 Å². The van der Waals surface area contributed by atoms with E-state index >= 15 is 0 Å². The molecule has 0 atom stereocenters. The van der Waals surface area contributed by atoms with Gasteiger partial charge in [0.1, 0.15) is 0 Å². The Balaban J connectivity index is 1.37. The van der Waals surface area contributed by atoms with Gasteiger partial charge in [0.2, 0.25) is 0 Å². The van der Waals surface area contributed by atoms with Crippen LogP contribution in [0, 0.1) is 0 Å². The molecule has 1 aliphatic rings. The molecule has 1 nitrogen and oxygen atoms in total. The average Bonchev–Trinajstić information content (AvgIpc) is 3.46. The summed E-state index contributed by atoms with van der Waals surface area (Å²) in [6, 6.07) is 32.7. The summed E-state index contributed by atoms with van der Waals surface area (Å²) in [5, 5.41) is 2.66. The lowest BCUT2D eigenvalue weighted by atomic mass is 10.1. The van der Waals surface area contributed by atoms with Crippen LogP contribution in [0.25, 0.3) is 25.7 Å². The van der Waals surface area contributed by atoms with Crippen LogP contribution in [0.2, 0.25) is 0 Å². The number of allylic oxidation sites excluding steroid dienone is 2. The van der Waals surface area contributed by atoms with Gasteiger partial charge in [0.15, 0.2) is 0 Å². The minimum atomic E-state index is 0.799. The third-order valence-electron chi connectivity index (χ3n) is 6.15. The van der Waals surface area contributed by atoms with Gasteiger partial charge in [-0.25, -0.2) is 0 Å². The summed E-state index contributed by atoms with van der Waals surface area (Å²) in [4.78, 5) is 3.80. The minimum Gasteiger partial charge on any atom is -0.336 e. The summed E-state index contributed by atoms with van der Waals surface area (Å²) in [5.41, 5.74) is 5.21. The molecule has 1 aliphatic heterocycles. The maximum absolute atomic E-state index is 3.59. The van der Waals surface area contributed by atoms with Gasteiger partial charge in [-0.3, -0.25) is 0 Å². The maximum Gasteiger partial charge on any atom is 0.0595 e. The first kappa shape index (κ1) is 21.7. The van der Waals surface area contributed by atoms with Crippen LogP contribution in [-0.4, -0.2) is 12.3 Å². The fraction of sp³-hybridized carbons (Fsp3) is 0.0667. The molecule has 34 heavy (non-hydrogen) atoms. The molecular weight excluding hydrogens is 518 g/mol. The highest BCUT2D eigenvalue weighted by Crippen LogP contribution is 2.42. The fourth-order valence-corrected chi connectivity index (χ4v) is 7.07. The van der Waals surface area contributed by atoms with E-state index < -0.39 is 0 Å². The Hall–Kier alpha value is -2.79. The van der Waals surface area contributed by atoms with Crippen LogP contribution in [-0.2, 0) is 0 Å². The van der Waals surface area contributed by atoms with Gasteiger partial charge in [-0.15, -0.1) is 23.1 Å². The Labute approximate surface area is 216 Å². The summed E-state index contributed by atoms with van der Waals surface area (Å²) in [6.45, 7) is 0.799. The molecule has 0 radical (unpaired) electrons. The summed E-state index contributed by atoms with van der Waals surface area (Å²) >= 11 is 7.39. The zero-order valence-corrected chi connectivity index (χ0v) is 21.7. The Morgan fingerprint density at radius 3 is 2.53 bits per heavy atom. The first-order valence-corrected chi connectivity index (χ1v) is 13.9. The summed E-state index contributed by atoms with van der Waals surface area (Å²) in [6.07, 6.45) is 6.76. The zero-order chi connectivity index (χ0) is 22.9. The van der Waals surface area contributed by atoms with Crippen LogP contribution in [0.3, 0.4) is 0 Å². The second kappa shape index (κ2) is 9.46. The molecule has 0 fully saturated rings. The van der Waals surface area contributed by atoms with E-state index in [2.05, 4.69) is 130 Å². The summed E-state index contributed by atoms with van der Waals surface area (Å²) in [5.74, 6) is 1.04. The van der Waals surface area contributed by atoms with Crippen LogP contribution in [0.15, 0.2) is 119 Å². The van der Waals surface area contributed by atoms with E-state index in [1.807, 2.05) is 23.1 Å². The van der Waals surface area contributed by atoms with Crippen molar-refractivity contribution in [2.75, 3.05) is 17.2 Å². The molecule has 0 aliphatic carbocycles. The van der Waals surface area contributed by atoms with Crippen LogP contribution in [0.5, 0.6) is 0 Å². The topological polar surface area (TPSA) is 3.24 Å². The first-order chi connectivity index (χ1) is 16.8. The number of rotatable bonds is 5. The van der Waals surface area contributed by atoms with Crippen LogP contribution in [0.4, 0.5) is 11.4 Å². The van der Waals surface area contributed by atoms with Gasteiger partial charge in [0.05, 0.1) is 10.4 Å². The Kier molecular flexibility index (Phi) is 6.04. The number of anilines is 2. The highest BCUT2D eigenvalue weighted by Gasteiger charge is 2.16. The molecule has 2 heterocycles. The van der Waals surface area contributed by atoms with E-state index in [9.17, 15) is 0 Å². The minimum absolute atomic E-state index is 0.799. The smallest absolute Gasteiger partial charge is 0.0595 e. The van der Waals surface area contributed by atoms with Crippen molar-refractivity contribution in [3.05, 3.63) is 119 Å². The quantitative estimate of drug-likeness (QED) is 0.218. The molecule has 0 bridgehead atoms. The number of hydrogen-bond donors (Lipinski definition) is 0. The number of benzene rings is 4. The lowest BCUT2D eigenvalue weighted by Crippen LogP contribution is -2.16. The van der Waals surface area contributed by atoms with Crippen molar-refractivity contribution >= 4 is 76.1 Å². The van der Waals surface area contributed by atoms with E-state index in [4.69, 9.17) is 0 Å². The Morgan fingerprint density at radius 1 is 0.824 bits per heavy atom. The van der Waals surface area contributed by atoms with Crippen LogP contribution in [0.1, 0.15) is 5.56 Å². The number of thiophene rings is 1. The van der Waals surface area contributed by atoms with E-state index in [-0.39, 0.29) is 0 Å².